The number of carbonyl (C=O) groups is 2. The number of hydrogen-bond donors (Lipinski definition) is 3. The predicted octanol–water partition coefficient (Wildman–Crippen LogP) is 2.72. The lowest BCUT2D eigenvalue weighted by atomic mass is 9.98. The maximum Gasteiger partial charge on any atom is 0.407 e. The first-order valence-electron chi connectivity index (χ1n) is 8.63. The summed E-state index contributed by atoms with van der Waals surface area (Å²) in [5, 5.41) is 11.4. The number of alkyl carbamates (subject to hydrolysis) is 1. The normalized spacial score (nSPS) is 13.6. The molecule has 136 valence electrons. The largest absolute Gasteiger partial charge is 0.481 e. The molecule has 0 aromatic heterocycles. The molecule has 0 bridgehead atoms. The van der Waals surface area contributed by atoms with E-state index < -0.39 is 18.1 Å². The van der Waals surface area contributed by atoms with Gasteiger partial charge < -0.3 is 20.9 Å². The van der Waals surface area contributed by atoms with E-state index in [9.17, 15) is 9.59 Å². The van der Waals surface area contributed by atoms with Crippen LogP contribution >= 0.6 is 0 Å². The van der Waals surface area contributed by atoms with Gasteiger partial charge in [0.2, 0.25) is 0 Å². The lowest BCUT2D eigenvalue weighted by molar-refractivity contribution is -0.137. The van der Waals surface area contributed by atoms with E-state index in [1.807, 2.05) is 24.3 Å². The van der Waals surface area contributed by atoms with Crippen molar-refractivity contribution >= 4 is 12.1 Å². The highest BCUT2D eigenvalue weighted by Crippen LogP contribution is 2.44. The van der Waals surface area contributed by atoms with Gasteiger partial charge in [-0.1, -0.05) is 48.5 Å². The molecule has 0 fully saturated rings. The summed E-state index contributed by atoms with van der Waals surface area (Å²) in [6.45, 7) is 0.382. The Bertz CT molecular complexity index is 760. The fourth-order valence-electron chi connectivity index (χ4n) is 3.35. The number of nitrogens with two attached hydrogens (primary N) is 1. The summed E-state index contributed by atoms with van der Waals surface area (Å²) in [4.78, 5) is 22.8. The summed E-state index contributed by atoms with van der Waals surface area (Å²) in [5.41, 5.74) is 10.2. The summed E-state index contributed by atoms with van der Waals surface area (Å²) >= 11 is 0. The van der Waals surface area contributed by atoms with Gasteiger partial charge in [0.15, 0.2) is 0 Å². The Balaban J connectivity index is 1.64. The number of hydrogen-bond acceptors (Lipinski definition) is 4. The molecule has 0 spiro atoms. The van der Waals surface area contributed by atoms with E-state index in [0.29, 0.717) is 0 Å². The number of carboxylic acids is 1. The van der Waals surface area contributed by atoms with E-state index in [1.165, 1.54) is 11.1 Å². The van der Waals surface area contributed by atoms with Crippen LogP contribution in [0.4, 0.5) is 4.79 Å². The Labute approximate surface area is 152 Å². The Morgan fingerprint density at radius 2 is 1.65 bits per heavy atom. The van der Waals surface area contributed by atoms with Gasteiger partial charge in [-0.05, 0) is 28.7 Å². The molecule has 2 aromatic carbocycles. The van der Waals surface area contributed by atoms with Gasteiger partial charge in [0.05, 0.1) is 0 Å². The van der Waals surface area contributed by atoms with Crippen molar-refractivity contribution in [1.29, 1.82) is 0 Å². The molecule has 0 saturated carbocycles. The summed E-state index contributed by atoms with van der Waals surface area (Å²) in [5.74, 6) is -0.929. The first-order chi connectivity index (χ1) is 12.6. The van der Waals surface area contributed by atoms with Crippen molar-refractivity contribution in [2.45, 2.75) is 24.8 Å². The van der Waals surface area contributed by atoms with Gasteiger partial charge in [-0.25, -0.2) is 4.79 Å². The van der Waals surface area contributed by atoms with Crippen LogP contribution in [0.1, 0.15) is 29.9 Å². The van der Waals surface area contributed by atoms with E-state index in [2.05, 4.69) is 29.6 Å². The van der Waals surface area contributed by atoms with Gasteiger partial charge in [0.1, 0.15) is 6.61 Å². The van der Waals surface area contributed by atoms with Crippen LogP contribution in [-0.2, 0) is 9.53 Å². The molecule has 1 amide bonds. The first-order valence-corrected chi connectivity index (χ1v) is 8.63. The zero-order chi connectivity index (χ0) is 18.5. The Hall–Kier alpha value is -2.86. The fourth-order valence-corrected chi connectivity index (χ4v) is 3.35. The van der Waals surface area contributed by atoms with Crippen LogP contribution in [0, 0.1) is 0 Å². The van der Waals surface area contributed by atoms with Crippen LogP contribution in [0.2, 0.25) is 0 Å². The summed E-state index contributed by atoms with van der Waals surface area (Å²) < 4.78 is 5.43. The lowest BCUT2D eigenvalue weighted by Crippen LogP contribution is -2.41. The number of amides is 1. The molecule has 1 unspecified atom stereocenters. The molecule has 4 N–H and O–H groups in total. The highest BCUT2D eigenvalue weighted by Gasteiger charge is 2.29. The van der Waals surface area contributed by atoms with Crippen LogP contribution in [0.5, 0.6) is 0 Å². The number of nitrogens with one attached hydrogen (secondary N) is 1. The zero-order valence-electron chi connectivity index (χ0n) is 14.4. The zero-order valence-corrected chi connectivity index (χ0v) is 14.4. The van der Waals surface area contributed by atoms with E-state index in [1.54, 1.807) is 0 Å². The van der Waals surface area contributed by atoms with Gasteiger partial charge in [-0.2, -0.15) is 0 Å². The number of fused-ring (bicyclic) bond motifs is 3. The van der Waals surface area contributed by atoms with Crippen molar-refractivity contribution in [1.82, 2.24) is 5.32 Å². The predicted molar refractivity (Wildman–Crippen MR) is 97.9 cm³/mol. The SMILES string of the molecule is NCC(CCC(=O)O)NC(=O)OCC1c2ccccc2-c2ccccc21. The number of carboxylic acid groups (broad SMARTS) is 1. The third-order valence-corrected chi connectivity index (χ3v) is 4.66. The molecule has 6 nitrogen and oxygen atoms in total. The molecular formula is C20H22N2O4. The average molecular weight is 354 g/mol. The van der Waals surface area contributed by atoms with E-state index in [0.717, 1.165) is 11.1 Å². The molecule has 0 radical (unpaired) electrons. The minimum absolute atomic E-state index is 0.0107. The molecule has 0 heterocycles. The van der Waals surface area contributed by atoms with E-state index >= 15 is 0 Å². The first kappa shape index (κ1) is 17.9. The molecule has 2 aromatic rings. The summed E-state index contributed by atoms with van der Waals surface area (Å²) in [6.07, 6.45) is -0.352. The second kappa shape index (κ2) is 8.01. The van der Waals surface area contributed by atoms with Crippen molar-refractivity contribution in [2.75, 3.05) is 13.2 Å². The standard InChI is InChI=1S/C20H22N2O4/c21-11-13(9-10-19(23)24)22-20(25)26-12-18-16-7-3-1-5-14(16)15-6-2-4-8-17(15)18/h1-8,13,18H,9-12,21H2,(H,22,25)(H,23,24). The Kier molecular flexibility index (Phi) is 5.53. The van der Waals surface area contributed by atoms with E-state index in [-0.39, 0.29) is 31.9 Å². The second-order valence-corrected chi connectivity index (χ2v) is 6.33. The lowest BCUT2D eigenvalue weighted by Gasteiger charge is -2.18. The molecule has 1 aliphatic rings. The van der Waals surface area contributed by atoms with Crippen LogP contribution in [0.25, 0.3) is 11.1 Å². The molecule has 0 aliphatic heterocycles. The second-order valence-electron chi connectivity index (χ2n) is 6.33. The molecule has 1 aliphatic carbocycles. The molecule has 3 rings (SSSR count). The third kappa shape index (κ3) is 3.86. The van der Waals surface area contributed by atoms with Gasteiger partial charge in [0.25, 0.3) is 0 Å². The van der Waals surface area contributed by atoms with Crippen molar-refractivity contribution in [3.63, 3.8) is 0 Å². The molecule has 0 saturated heterocycles. The molecular weight excluding hydrogens is 332 g/mol. The molecule has 6 heteroatoms. The summed E-state index contributed by atoms with van der Waals surface area (Å²) in [6, 6.07) is 15.8. The van der Waals surface area contributed by atoms with Crippen LogP contribution in [-0.4, -0.2) is 36.4 Å². The Morgan fingerprint density at radius 3 is 2.19 bits per heavy atom. The highest BCUT2D eigenvalue weighted by molar-refractivity contribution is 5.79. The van der Waals surface area contributed by atoms with Gasteiger partial charge in [0, 0.05) is 24.9 Å². The quantitative estimate of drug-likeness (QED) is 0.710. The minimum atomic E-state index is -0.919. The fraction of sp³-hybridized carbons (Fsp3) is 0.300. The maximum absolute atomic E-state index is 12.1. The van der Waals surface area contributed by atoms with Crippen LogP contribution in [0.3, 0.4) is 0 Å². The number of aliphatic carboxylic acids is 1. The van der Waals surface area contributed by atoms with Gasteiger partial charge in [-0.3, -0.25) is 4.79 Å². The van der Waals surface area contributed by atoms with E-state index in [4.69, 9.17) is 15.6 Å². The summed E-state index contributed by atoms with van der Waals surface area (Å²) in [7, 11) is 0. The van der Waals surface area contributed by atoms with Gasteiger partial charge >= 0.3 is 12.1 Å². The molecule has 1 atom stereocenters. The smallest absolute Gasteiger partial charge is 0.407 e. The van der Waals surface area contributed by atoms with Crippen molar-refractivity contribution in [3.8, 4) is 11.1 Å². The van der Waals surface area contributed by atoms with Crippen LogP contribution < -0.4 is 11.1 Å². The Morgan fingerprint density at radius 1 is 1.08 bits per heavy atom. The highest BCUT2D eigenvalue weighted by atomic mass is 16.5. The average Bonchev–Trinajstić information content (AvgIpc) is 2.97. The number of carbonyl (C=O) groups excluding carboxylic acids is 1. The number of benzene rings is 2. The topological polar surface area (TPSA) is 102 Å². The van der Waals surface area contributed by atoms with Crippen molar-refractivity contribution in [2.24, 2.45) is 5.73 Å². The maximum atomic E-state index is 12.1. The van der Waals surface area contributed by atoms with Crippen molar-refractivity contribution in [3.05, 3.63) is 59.7 Å². The monoisotopic (exact) mass is 354 g/mol. The van der Waals surface area contributed by atoms with Crippen LogP contribution in [0.15, 0.2) is 48.5 Å². The molecule has 26 heavy (non-hydrogen) atoms. The van der Waals surface area contributed by atoms with Gasteiger partial charge in [-0.15, -0.1) is 0 Å². The minimum Gasteiger partial charge on any atom is -0.481 e. The van der Waals surface area contributed by atoms with Crippen molar-refractivity contribution < 1.29 is 19.4 Å². The third-order valence-electron chi connectivity index (χ3n) is 4.66. The number of rotatable bonds is 7. The number of ether oxygens (including phenoxy) is 1.